The van der Waals surface area contributed by atoms with E-state index in [1.54, 1.807) is 0 Å². The number of ether oxygens (including phenoxy) is 2. The van der Waals surface area contributed by atoms with Gasteiger partial charge in [-0.15, -0.1) is 0 Å². The lowest BCUT2D eigenvalue weighted by Crippen LogP contribution is -2.38. The van der Waals surface area contributed by atoms with Crippen LogP contribution in [0.3, 0.4) is 0 Å². The summed E-state index contributed by atoms with van der Waals surface area (Å²) in [5.41, 5.74) is 0. The molecule has 0 rings (SSSR count). The number of likely N-dealkylation sites (N-methyl/N-ethyl adjacent to an activating group) is 1. The summed E-state index contributed by atoms with van der Waals surface area (Å²) in [6.45, 7) is 4.98. The molecule has 0 spiro atoms. The summed E-state index contributed by atoms with van der Waals surface area (Å²) in [5, 5.41) is 5.67. The van der Waals surface area contributed by atoms with E-state index >= 15 is 0 Å². The fourth-order valence-corrected chi connectivity index (χ4v) is 1.55. The van der Waals surface area contributed by atoms with Crippen LogP contribution in [0.5, 0.6) is 0 Å². The predicted octanol–water partition coefficient (Wildman–Crippen LogP) is -0.318. The van der Waals surface area contributed by atoms with E-state index in [1.807, 2.05) is 6.92 Å². The Labute approximate surface area is 125 Å². The number of nitrogens with one attached hydrogen (secondary N) is 2. The van der Waals surface area contributed by atoms with Crippen LogP contribution in [0.4, 0.5) is 0 Å². The topological polar surface area (TPSA) is 93.7 Å². The molecule has 0 aliphatic carbocycles. The van der Waals surface area contributed by atoms with Gasteiger partial charge < -0.3 is 29.7 Å². The van der Waals surface area contributed by atoms with Gasteiger partial charge in [0.05, 0.1) is 25.9 Å². The number of hydrogen-bond donors (Lipinski definition) is 2. The predicted molar refractivity (Wildman–Crippen MR) is 78.1 cm³/mol. The number of carbonyl (C=O) groups excluding carboxylic acids is 3. The van der Waals surface area contributed by atoms with Crippen LogP contribution >= 0.6 is 0 Å². The van der Waals surface area contributed by atoms with Crippen molar-refractivity contribution in [3.05, 3.63) is 0 Å². The Morgan fingerprint density at radius 3 is 2.62 bits per heavy atom. The van der Waals surface area contributed by atoms with Gasteiger partial charge in [-0.05, 0) is 19.4 Å². The van der Waals surface area contributed by atoms with E-state index in [4.69, 9.17) is 9.47 Å². The number of hydrogen-bond acceptors (Lipinski definition) is 6. The summed E-state index contributed by atoms with van der Waals surface area (Å²) in [6, 6.07) is -0.558. The number of unbranched alkanes of at least 4 members (excludes halogenated alkanes) is 1. The molecule has 0 saturated heterocycles. The maximum atomic E-state index is 11.5. The molecule has 0 aromatic rings. The molecule has 2 N–H and O–H groups in total. The van der Waals surface area contributed by atoms with Gasteiger partial charge in [0.2, 0.25) is 5.91 Å². The van der Waals surface area contributed by atoms with Crippen LogP contribution in [-0.4, -0.2) is 64.0 Å². The van der Waals surface area contributed by atoms with Crippen molar-refractivity contribution in [1.82, 2.24) is 10.6 Å². The van der Waals surface area contributed by atoms with E-state index in [-0.39, 0.29) is 12.5 Å². The molecular formula is C14H26N2O5. The van der Waals surface area contributed by atoms with E-state index < -0.39 is 6.04 Å². The quantitative estimate of drug-likeness (QED) is 0.318. The van der Waals surface area contributed by atoms with Crippen LogP contribution in [0.25, 0.3) is 0 Å². The minimum Gasteiger partial charge on any atom is -0.378 e. The molecule has 0 aromatic carbocycles. The lowest BCUT2D eigenvalue weighted by atomic mass is 10.1. The number of aldehydes is 2. The Balaban J connectivity index is 3.51. The number of carbonyl (C=O) groups is 3. The smallest absolute Gasteiger partial charge is 0.246 e. The molecule has 21 heavy (non-hydrogen) atoms. The summed E-state index contributed by atoms with van der Waals surface area (Å²) in [7, 11) is 0. The van der Waals surface area contributed by atoms with Crippen LogP contribution in [0.1, 0.15) is 26.2 Å². The molecule has 0 heterocycles. The van der Waals surface area contributed by atoms with Gasteiger partial charge in [0.25, 0.3) is 0 Å². The van der Waals surface area contributed by atoms with Crippen molar-refractivity contribution >= 4 is 18.5 Å². The summed E-state index contributed by atoms with van der Waals surface area (Å²) in [5.74, 6) is -0.342. The SMILES string of the molecule is CCNCCOCCOCC(=O)NC(C=O)CCCC=O. The Kier molecular flexibility index (Phi) is 14.1. The summed E-state index contributed by atoms with van der Waals surface area (Å²) in [6.07, 6.45) is 2.89. The molecule has 0 bridgehead atoms. The first-order chi connectivity index (χ1) is 10.2. The van der Waals surface area contributed by atoms with Gasteiger partial charge in [-0.3, -0.25) is 4.79 Å². The number of rotatable bonds is 15. The molecule has 7 nitrogen and oxygen atoms in total. The minimum atomic E-state index is -0.558. The highest BCUT2D eigenvalue weighted by molar-refractivity contribution is 5.80. The third-order valence-electron chi connectivity index (χ3n) is 2.63. The third kappa shape index (κ3) is 13.4. The first-order valence-electron chi connectivity index (χ1n) is 7.29. The fraction of sp³-hybridized carbons (Fsp3) is 0.786. The number of amides is 1. The monoisotopic (exact) mass is 302 g/mol. The molecule has 0 fully saturated rings. The van der Waals surface area contributed by atoms with Crippen LogP contribution in [0.2, 0.25) is 0 Å². The first-order valence-corrected chi connectivity index (χ1v) is 7.29. The van der Waals surface area contributed by atoms with Gasteiger partial charge in [-0.2, -0.15) is 0 Å². The van der Waals surface area contributed by atoms with Crippen molar-refractivity contribution in [2.75, 3.05) is 39.5 Å². The molecule has 122 valence electrons. The molecule has 0 saturated carbocycles. The second-order valence-electron chi connectivity index (χ2n) is 4.43. The standard InChI is InChI=1S/C14H26N2O5/c1-2-15-6-8-20-9-10-21-12-14(19)16-13(11-18)5-3-4-7-17/h7,11,13,15H,2-6,8-10,12H2,1H3,(H,16,19). The summed E-state index contributed by atoms with van der Waals surface area (Å²) in [4.78, 5) is 32.4. The molecule has 1 unspecified atom stereocenters. The second-order valence-corrected chi connectivity index (χ2v) is 4.43. The Bertz CT molecular complexity index is 287. The van der Waals surface area contributed by atoms with Gasteiger partial charge in [0.1, 0.15) is 19.2 Å². The normalized spacial score (nSPS) is 11.9. The maximum Gasteiger partial charge on any atom is 0.246 e. The van der Waals surface area contributed by atoms with Gasteiger partial charge in [0, 0.05) is 13.0 Å². The van der Waals surface area contributed by atoms with Crippen molar-refractivity contribution < 1.29 is 23.9 Å². The Morgan fingerprint density at radius 1 is 1.19 bits per heavy atom. The molecule has 0 aromatic heterocycles. The van der Waals surface area contributed by atoms with E-state index in [1.165, 1.54) is 0 Å². The molecule has 0 aliphatic heterocycles. The van der Waals surface area contributed by atoms with Crippen LogP contribution in [0.15, 0.2) is 0 Å². The lowest BCUT2D eigenvalue weighted by molar-refractivity contribution is -0.128. The molecule has 0 radical (unpaired) electrons. The van der Waals surface area contributed by atoms with E-state index in [0.717, 1.165) is 19.4 Å². The minimum absolute atomic E-state index is 0.103. The van der Waals surface area contributed by atoms with Gasteiger partial charge in [-0.25, -0.2) is 0 Å². The second kappa shape index (κ2) is 15.1. The largest absolute Gasteiger partial charge is 0.378 e. The molecule has 7 heteroatoms. The average Bonchev–Trinajstić information content (AvgIpc) is 2.49. The van der Waals surface area contributed by atoms with Gasteiger partial charge in [0.15, 0.2) is 0 Å². The Hall–Kier alpha value is -1.31. The maximum absolute atomic E-state index is 11.5. The molecular weight excluding hydrogens is 276 g/mol. The van der Waals surface area contributed by atoms with Crippen molar-refractivity contribution in [2.24, 2.45) is 0 Å². The average molecular weight is 302 g/mol. The van der Waals surface area contributed by atoms with E-state index in [0.29, 0.717) is 45.4 Å². The summed E-state index contributed by atoms with van der Waals surface area (Å²) < 4.78 is 10.4. The fourth-order valence-electron chi connectivity index (χ4n) is 1.55. The van der Waals surface area contributed by atoms with Crippen molar-refractivity contribution in [2.45, 2.75) is 32.2 Å². The molecule has 1 atom stereocenters. The van der Waals surface area contributed by atoms with Gasteiger partial charge >= 0.3 is 0 Å². The highest BCUT2D eigenvalue weighted by atomic mass is 16.5. The zero-order valence-corrected chi connectivity index (χ0v) is 12.6. The third-order valence-corrected chi connectivity index (χ3v) is 2.63. The Morgan fingerprint density at radius 2 is 1.95 bits per heavy atom. The zero-order valence-electron chi connectivity index (χ0n) is 12.6. The highest BCUT2D eigenvalue weighted by Crippen LogP contribution is 1.97. The molecule has 0 aliphatic rings. The highest BCUT2D eigenvalue weighted by Gasteiger charge is 2.10. The van der Waals surface area contributed by atoms with Crippen molar-refractivity contribution in [1.29, 1.82) is 0 Å². The van der Waals surface area contributed by atoms with Crippen molar-refractivity contribution in [3.63, 3.8) is 0 Å². The lowest BCUT2D eigenvalue weighted by Gasteiger charge is -2.12. The van der Waals surface area contributed by atoms with Crippen LogP contribution in [-0.2, 0) is 23.9 Å². The van der Waals surface area contributed by atoms with Crippen molar-refractivity contribution in [3.8, 4) is 0 Å². The van der Waals surface area contributed by atoms with Crippen LogP contribution < -0.4 is 10.6 Å². The first kappa shape index (κ1) is 19.7. The molecule has 1 amide bonds. The van der Waals surface area contributed by atoms with Crippen LogP contribution in [0, 0.1) is 0 Å². The zero-order chi connectivity index (χ0) is 15.8. The van der Waals surface area contributed by atoms with E-state index in [9.17, 15) is 14.4 Å². The summed E-state index contributed by atoms with van der Waals surface area (Å²) >= 11 is 0. The van der Waals surface area contributed by atoms with E-state index in [2.05, 4.69) is 10.6 Å². The van der Waals surface area contributed by atoms with Gasteiger partial charge in [-0.1, -0.05) is 6.92 Å².